The van der Waals surface area contributed by atoms with Gasteiger partial charge in [0.05, 0.1) is 6.04 Å². The fourth-order valence-corrected chi connectivity index (χ4v) is 3.66. The van der Waals surface area contributed by atoms with E-state index in [0.29, 0.717) is 23.7 Å². The van der Waals surface area contributed by atoms with Crippen LogP contribution in [0.2, 0.25) is 5.02 Å². The zero-order valence-electron chi connectivity index (χ0n) is 14.1. The van der Waals surface area contributed by atoms with Crippen molar-refractivity contribution in [2.75, 3.05) is 39.3 Å². The Hall–Kier alpha value is -1.59. The van der Waals surface area contributed by atoms with E-state index in [1.165, 1.54) is 0 Å². The SMILES string of the molecule is CC(C(=O)N1CCCC1)N1CCN(C(=O)c2cccc(Cl)c2)CC1. The fraction of sp³-hybridized carbons (Fsp3) is 0.556. The van der Waals surface area contributed by atoms with E-state index in [0.717, 1.165) is 39.0 Å². The number of carbonyl (C=O) groups is 2. The lowest BCUT2D eigenvalue weighted by Crippen LogP contribution is -2.55. The third-order valence-electron chi connectivity index (χ3n) is 5.00. The Kier molecular flexibility index (Phi) is 5.41. The minimum absolute atomic E-state index is 0.00988. The second kappa shape index (κ2) is 7.53. The van der Waals surface area contributed by atoms with Crippen molar-refractivity contribution in [3.63, 3.8) is 0 Å². The normalized spacial score (nSPS) is 20.2. The maximum atomic E-state index is 12.5. The number of amides is 2. The minimum atomic E-state index is -0.105. The summed E-state index contributed by atoms with van der Waals surface area (Å²) in [5.74, 6) is 0.234. The fourth-order valence-electron chi connectivity index (χ4n) is 3.47. The molecule has 2 aliphatic heterocycles. The Balaban J connectivity index is 1.55. The molecular weight excluding hydrogens is 326 g/mol. The Morgan fingerprint density at radius 1 is 1.00 bits per heavy atom. The lowest BCUT2D eigenvalue weighted by molar-refractivity contribution is -0.135. The number of benzene rings is 1. The standard InChI is InChI=1S/C18H24ClN3O2/c1-14(17(23)21-7-2-3-8-21)20-9-11-22(12-10-20)18(24)15-5-4-6-16(19)13-15/h4-6,13-14H,2-3,7-12H2,1H3. The van der Waals surface area contributed by atoms with Crippen LogP contribution in [0.4, 0.5) is 0 Å². The van der Waals surface area contributed by atoms with Crippen molar-refractivity contribution in [1.29, 1.82) is 0 Å². The van der Waals surface area contributed by atoms with Gasteiger partial charge in [0.25, 0.3) is 5.91 Å². The summed E-state index contributed by atoms with van der Waals surface area (Å²) in [4.78, 5) is 31.0. The van der Waals surface area contributed by atoms with Crippen molar-refractivity contribution in [3.8, 4) is 0 Å². The van der Waals surface area contributed by atoms with E-state index in [4.69, 9.17) is 11.6 Å². The van der Waals surface area contributed by atoms with Crippen LogP contribution in [0.15, 0.2) is 24.3 Å². The largest absolute Gasteiger partial charge is 0.341 e. The van der Waals surface area contributed by atoms with Crippen molar-refractivity contribution >= 4 is 23.4 Å². The predicted molar refractivity (Wildman–Crippen MR) is 94.2 cm³/mol. The number of rotatable bonds is 3. The van der Waals surface area contributed by atoms with Crippen LogP contribution < -0.4 is 0 Å². The smallest absolute Gasteiger partial charge is 0.253 e. The van der Waals surface area contributed by atoms with Gasteiger partial charge in [-0.2, -0.15) is 0 Å². The van der Waals surface area contributed by atoms with Crippen LogP contribution in [0.3, 0.4) is 0 Å². The molecule has 0 radical (unpaired) electrons. The topological polar surface area (TPSA) is 43.9 Å². The van der Waals surface area contributed by atoms with Crippen molar-refractivity contribution in [1.82, 2.24) is 14.7 Å². The summed E-state index contributed by atoms with van der Waals surface area (Å²) in [6, 6.07) is 6.95. The first-order valence-corrected chi connectivity index (χ1v) is 9.02. The van der Waals surface area contributed by atoms with Crippen LogP contribution in [0.5, 0.6) is 0 Å². The number of nitrogens with zero attached hydrogens (tertiary/aromatic N) is 3. The number of hydrogen-bond donors (Lipinski definition) is 0. The molecule has 2 fully saturated rings. The molecule has 5 nitrogen and oxygen atoms in total. The van der Waals surface area contributed by atoms with Gasteiger partial charge in [0.2, 0.25) is 5.91 Å². The molecular formula is C18H24ClN3O2. The van der Waals surface area contributed by atoms with Crippen LogP contribution in [-0.4, -0.2) is 71.8 Å². The van der Waals surface area contributed by atoms with Crippen molar-refractivity contribution < 1.29 is 9.59 Å². The Bertz CT molecular complexity index is 608. The van der Waals surface area contributed by atoms with E-state index in [2.05, 4.69) is 4.90 Å². The monoisotopic (exact) mass is 349 g/mol. The summed E-state index contributed by atoms with van der Waals surface area (Å²) in [5.41, 5.74) is 0.622. The molecule has 0 aromatic heterocycles. The molecule has 24 heavy (non-hydrogen) atoms. The molecule has 1 aromatic rings. The van der Waals surface area contributed by atoms with E-state index in [1.54, 1.807) is 24.3 Å². The van der Waals surface area contributed by atoms with Gasteiger partial charge < -0.3 is 9.80 Å². The van der Waals surface area contributed by atoms with Crippen LogP contribution in [0.1, 0.15) is 30.1 Å². The molecule has 0 bridgehead atoms. The van der Waals surface area contributed by atoms with E-state index >= 15 is 0 Å². The van der Waals surface area contributed by atoms with E-state index in [9.17, 15) is 9.59 Å². The summed E-state index contributed by atoms with van der Waals surface area (Å²) < 4.78 is 0. The maximum Gasteiger partial charge on any atom is 0.253 e. The second-order valence-electron chi connectivity index (χ2n) is 6.55. The van der Waals surface area contributed by atoms with Gasteiger partial charge in [0.15, 0.2) is 0 Å². The number of carbonyl (C=O) groups excluding carboxylic acids is 2. The minimum Gasteiger partial charge on any atom is -0.341 e. The third-order valence-corrected chi connectivity index (χ3v) is 5.23. The highest BCUT2D eigenvalue weighted by molar-refractivity contribution is 6.30. The van der Waals surface area contributed by atoms with Crippen molar-refractivity contribution in [2.24, 2.45) is 0 Å². The van der Waals surface area contributed by atoms with Crippen molar-refractivity contribution in [2.45, 2.75) is 25.8 Å². The van der Waals surface area contributed by atoms with Crippen LogP contribution >= 0.6 is 11.6 Å². The first-order valence-electron chi connectivity index (χ1n) is 8.64. The average molecular weight is 350 g/mol. The highest BCUT2D eigenvalue weighted by Gasteiger charge is 2.31. The number of likely N-dealkylation sites (tertiary alicyclic amines) is 1. The summed E-state index contributed by atoms with van der Waals surface area (Å²) in [6.07, 6.45) is 2.22. The lowest BCUT2D eigenvalue weighted by Gasteiger charge is -2.38. The molecule has 1 atom stereocenters. The Morgan fingerprint density at radius 2 is 1.67 bits per heavy atom. The second-order valence-corrected chi connectivity index (χ2v) is 6.98. The van der Waals surface area contributed by atoms with Crippen LogP contribution in [0, 0.1) is 0 Å². The molecule has 2 saturated heterocycles. The first-order chi connectivity index (χ1) is 11.6. The molecule has 0 aliphatic carbocycles. The maximum absolute atomic E-state index is 12.5. The van der Waals surface area contributed by atoms with Crippen molar-refractivity contribution in [3.05, 3.63) is 34.9 Å². The molecule has 2 aliphatic rings. The molecule has 2 amide bonds. The first kappa shape index (κ1) is 17.2. The van der Waals surface area contributed by atoms with Gasteiger partial charge in [-0.1, -0.05) is 17.7 Å². The van der Waals surface area contributed by atoms with Gasteiger partial charge in [-0.05, 0) is 38.0 Å². The number of hydrogen-bond acceptors (Lipinski definition) is 3. The van der Waals surface area contributed by atoms with E-state index in [1.807, 2.05) is 16.7 Å². The number of halogens is 1. The van der Waals surface area contributed by atoms with E-state index in [-0.39, 0.29) is 17.9 Å². The highest BCUT2D eigenvalue weighted by atomic mass is 35.5. The number of piperazine rings is 1. The molecule has 2 heterocycles. The third kappa shape index (κ3) is 3.73. The summed E-state index contributed by atoms with van der Waals surface area (Å²) >= 11 is 5.97. The molecule has 0 N–H and O–H groups in total. The van der Waals surface area contributed by atoms with Gasteiger partial charge in [-0.3, -0.25) is 14.5 Å². The lowest BCUT2D eigenvalue weighted by atomic mass is 10.1. The quantitative estimate of drug-likeness (QED) is 0.839. The van der Waals surface area contributed by atoms with Gasteiger partial charge in [-0.15, -0.1) is 0 Å². The van der Waals surface area contributed by atoms with Gasteiger partial charge in [0.1, 0.15) is 0 Å². The highest BCUT2D eigenvalue weighted by Crippen LogP contribution is 2.16. The summed E-state index contributed by atoms with van der Waals surface area (Å²) in [7, 11) is 0. The zero-order valence-corrected chi connectivity index (χ0v) is 14.8. The van der Waals surface area contributed by atoms with Gasteiger partial charge in [-0.25, -0.2) is 0 Å². The Morgan fingerprint density at radius 3 is 2.29 bits per heavy atom. The predicted octanol–water partition coefficient (Wildman–Crippen LogP) is 2.11. The molecule has 130 valence electrons. The molecule has 6 heteroatoms. The van der Waals surface area contributed by atoms with Crippen LogP contribution in [0.25, 0.3) is 0 Å². The molecule has 0 saturated carbocycles. The molecule has 3 rings (SSSR count). The zero-order chi connectivity index (χ0) is 17.1. The van der Waals surface area contributed by atoms with Gasteiger partial charge in [0, 0.05) is 49.9 Å². The van der Waals surface area contributed by atoms with Gasteiger partial charge >= 0.3 is 0 Å². The van der Waals surface area contributed by atoms with E-state index < -0.39 is 0 Å². The summed E-state index contributed by atoms with van der Waals surface area (Å²) in [5, 5.41) is 0.573. The molecule has 0 spiro atoms. The molecule has 1 aromatic carbocycles. The Labute approximate surface area is 148 Å². The van der Waals surface area contributed by atoms with Crippen LogP contribution in [-0.2, 0) is 4.79 Å². The molecule has 1 unspecified atom stereocenters. The average Bonchev–Trinajstić information content (AvgIpc) is 3.14. The summed E-state index contributed by atoms with van der Waals surface area (Å²) in [6.45, 7) is 6.49.